The fourth-order valence-electron chi connectivity index (χ4n) is 2.03. The van der Waals surface area contributed by atoms with Gasteiger partial charge < -0.3 is 19.5 Å². The smallest absolute Gasteiger partial charge is 0.165 e. The molecule has 5 heteroatoms. The van der Waals surface area contributed by atoms with Crippen molar-refractivity contribution in [3.05, 3.63) is 29.6 Å². The average molecular weight is 269 g/mol. The van der Waals surface area contributed by atoms with Crippen LogP contribution in [-0.4, -0.2) is 39.6 Å². The molecule has 1 aromatic rings. The second-order valence-electron chi connectivity index (χ2n) is 4.59. The number of halogens is 1. The summed E-state index contributed by atoms with van der Waals surface area (Å²) in [5, 5.41) is 3.32. The maximum atomic E-state index is 13.6. The van der Waals surface area contributed by atoms with Crippen LogP contribution in [0.5, 0.6) is 5.75 Å². The number of nitrogens with one attached hydrogen (secondary N) is 1. The third-order valence-corrected chi connectivity index (χ3v) is 3.21. The van der Waals surface area contributed by atoms with Crippen molar-refractivity contribution in [1.29, 1.82) is 0 Å². The number of hydrogen-bond donors (Lipinski definition) is 1. The third-order valence-electron chi connectivity index (χ3n) is 3.21. The first kappa shape index (κ1) is 14.2. The third kappa shape index (κ3) is 3.89. The lowest BCUT2D eigenvalue weighted by Gasteiger charge is -2.25. The molecule has 0 aromatic heterocycles. The summed E-state index contributed by atoms with van der Waals surface area (Å²) in [5.74, 6) is -0.0779. The molecule has 0 bridgehead atoms. The van der Waals surface area contributed by atoms with E-state index in [1.54, 1.807) is 6.07 Å². The molecule has 4 nitrogen and oxygen atoms in total. The van der Waals surface area contributed by atoms with Gasteiger partial charge in [-0.05, 0) is 24.6 Å². The van der Waals surface area contributed by atoms with Gasteiger partial charge in [0.2, 0.25) is 0 Å². The Morgan fingerprint density at radius 3 is 2.95 bits per heavy atom. The Hall–Kier alpha value is -1.17. The highest BCUT2D eigenvalue weighted by Gasteiger charge is 2.16. The van der Waals surface area contributed by atoms with Crippen LogP contribution in [-0.2, 0) is 9.47 Å². The van der Waals surface area contributed by atoms with Gasteiger partial charge >= 0.3 is 0 Å². The van der Waals surface area contributed by atoms with Gasteiger partial charge in [0.15, 0.2) is 11.6 Å². The summed E-state index contributed by atoms with van der Waals surface area (Å²) in [6, 6.07) is 5.04. The van der Waals surface area contributed by atoms with Crippen molar-refractivity contribution in [2.24, 2.45) is 0 Å². The summed E-state index contributed by atoms with van der Waals surface area (Å²) in [6.07, 6.45) is 0.0688. The minimum Gasteiger partial charge on any atom is -0.494 e. The lowest BCUT2D eigenvalue weighted by molar-refractivity contribution is -0.0869. The van der Waals surface area contributed by atoms with Crippen molar-refractivity contribution >= 4 is 0 Å². The molecule has 0 radical (unpaired) electrons. The van der Waals surface area contributed by atoms with Crippen LogP contribution in [0.2, 0.25) is 0 Å². The van der Waals surface area contributed by atoms with E-state index in [4.69, 9.17) is 14.2 Å². The summed E-state index contributed by atoms with van der Waals surface area (Å²) >= 11 is 0. The van der Waals surface area contributed by atoms with Crippen LogP contribution in [0.25, 0.3) is 0 Å². The van der Waals surface area contributed by atoms with Crippen LogP contribution in [0.3, 0.4) is 0 Å². The monoisotopic (exact) mass is 269 g/mol. The highest BCUT2D eigenvalue weighted by Crippen LogP contribution is 2.21. The molecule has 0 amide bonds. The van der Waals surface area contributed by atoms with Crippen molar-refractivity contribution in [2.45, 2.75) is 19.1 Å². The zero-order valence-electron chi connectivity index (χ0n) is 11.3. The number of methoxy groups -OCH3 is 1. The molecule has 2 atom stereocenters. The lowest BCUT2D eigenvalue weighted by Crippen LogP contribution is -2.38. The van der Waals surface area contributed by atoms with Crippen molar-refractivity contribution in [1.82, 2.24) is 5.32 Å². The summed E-state index contributed by atoms with van der Waals surface area (Å²) in [5.41, 5.74) is 0.884. The minimum absolute atomic E-state index is 0.0472. The Morgan fingerprint density at radius 1 is 1.47 bits per heavy atom. The van der Waals surface area contributed by atoms with E-state index in [1.807, 2.05) is 13.0 Å². The largest absolute Gasteiger partial charge is 0.494 e. The van der Waals surface area contributed by atoms with E-state index in [1.165, 1.54) is 13.2 Å². The Balaban J connectivity index is 1.88. The first-order valence-corrected chi connectivity index (χ1v) is 6.47. The molecular formula is C14H20FNO3. The molecule has 2 rings (SSSR count). The van der Waals surface area contributed by atoms with Crippen LogP contribution >= 0.6 is 0 Å². The second-order valence-corrected chi connectivity index (χ2v) is 4.59. The molecule has 19 heavy (non-hydrogen) atoms. The highest BCUT2D eigenvalue weighted by atomic mass is 19.1. The molecule has 1 heterocycles. The molecule has 0 spiro atoms. The lowest BCUT2D eigenvalue weighted by atomic mass is 10.1. The maximum Gasteiger partial charge on any atom is 0.165 e. The zero-order chi connectivity index (χ0) is 13.7. The number of benzene rings is 1. The summed E-state index contributed by atoms with van der Waals surface area (Å²) in [6.45, 7) is 4.59. The van der Waals surface area contributed by atoms with Gasteiger partial charge in [-0.15, -0.1) is 0 Å². The predicted octanol–water partition coefficient (Wildman–Crippen LogP) is 1.90. The number of rotatable bonds is 5. The van der Waals surface area contributed by atoms with Crippen LogP contribution in [0.1, 0.15) is 18.5 Å². The van der Waals surface area contributed by atoms with E-state index in [2.05, 4.69) is 5.32 Å². The van der Waals surface area contributed by atoms with Gasteiger partial charge in [-0.25, -0.2) is 4.39 Å². The van der Waals surface area contributed by atoms with E-state index >= 15 is 0 Å². The van der Waals surface area contributed by atoms with E-state index in [9.17, 15) is 4.39 Å². The van der Waals surface area contributed by atoms with Crippen molar-refractivity contribution in [3.8, 4) is 5.75 Å². The molecule has 0 saturated carbocycles. The molecule has 1 aliphatic rings. The van der Waals surface area contributed by atoms with Crippen LogP contribution in [0.4, 0.5) is 4.39 Å². The first-order chi connectivity index (χ1) is 9.20. The first-order valence-electron chi connectivity index (χ1n) is 6.47. The van der Waals surface area contributed by atoms with Crippen molar-refractivity contribution in [2.75, 3.05) is 33.5 Å². The molecule has 0 aliphatic carbocycles. The minimum atomic E-state index is -0.342. The van der Waals surface area contributed by atoms with Gasteiger partial charge in [0, 0.05) is 12.6 Å². The maximum absolute atomic E-state index is 13.6. The van der Waals surface area contributed by atoms with E-state index in [0.29, 0.717) is 26.4 Å². The van der Waals surface area contributed by atoms with Gasteiger partial charge in [-0.2, -0.15) is 0 Å². The van der Waals surface area contributed by atoms with Gasteiger partial charge in [0.1, 0.15) is 0 Å². The van der Waals surface area contributed by atoms with Crippen molar-refractivity contribution in [3.63, 3.8) is 0 Å². The molecule has 2 unspecified atom stereocenters. The Bertz CT molecular complexity index is 408. The molecular weight excluding hydrogens is 249 g/mol. The van der Waals surface area contributed by atoms with E-state index in [0.717, 1.165) is 5.56 Å². The molecule has 106 valence electrons. The summed E-state index contributed by atoms with van der Waals surface area (Å²) in [7, 11) is 1.46. The molecule has 1 aliphatic heterocycles. The molecule has 1 N–H and O–H groups in total. The van der Waals surface area contributed by atoms with Crippen molar-refractivity contribution < 1.29 is 18.6 Å². The quantitative estimate of drug-likeness (QED) is 0.886. The zero-order valence-corrected chi connectivity index (χ0v) is 11.3. The number of hydrogen-bond acceptors (Lipinski definition) is 4. The van der Waals surface area contributed by atoms with Crippen LogP contribution in [0, 0.1) is 5.82 Å². The second kappa shape index (κ2) is 6.84. The van der Waals surface area contributed by atoms with Crippen LogP contribution in [0.15, 0.2) is 18.2 Å². The van der Waals surface area contributed by atoms with Gasteiger partial charge in [0.25, 0.3) is 0 Å². The fourth-order valence-corrected chi connectivity index (χ4v) is 2.03. The predicted molar refractivity (Wildman–Crippen MR) is 69.9 cm³/mol. The summed E-state index contributed by atoms with van der Waals surface area (Å²) in [4.78, 5) is 0. The van der Waals surface area contributed by atoms with Crippen LogP contribution < -0.4 is 10.1 Å². The fraction of sp³-hybridized carbons (Fsp3) is 0.571. The number of ether oxygens (including phenoxy) is 3. The van der Waals surface area contributed by atoms with E-state index in [-0.39, 0.29) is 23.7 Å². The van der Waals surface area contributed by atoms with Gasteiger partial charge in [-0.1, -0.05) is 6.07 Å². The molecule has 1 aromatic carbocycles. The highest BCUT2D eigenvalue weighted by molar-refractivity contribution is 5.30. The normalized spacial score (nSPS) is 21.1. The Morgan fingerprint density at radius 2 is 2.32 bits per heavy atom. The summed E-state index contributed by atoms with van der Waals surface area (Å²) < 4.78 is 29.4. The average Bonchev–Trinajstić information content (AvgIpc) is 2.45. The Kier molecular flexibility index (Phi) is 5.13. The Labute approximate surface area is 112 Å². The molecule has 1 saturated heterocycles. The SMILES string of the molecule is COc1ccc(C(C)NCC2COCCO2)cc1F. The van der Waals surface area contributed by atoms with E-state index < -0.39 is 0 Å². The standard InChI is InChI=1S/C14H20FNO3/c1-10(16-8-12-9-18-5-6-19-12)11-3-4-14(17-2)13(15)7-11/h3-4,7,10,12,16H,5-6,8-9H2,1-2H3. The van der Waals surface area contributed by atoms with Gasteiger partial charge in [-0.3, -0.25) is 0 Å². The topological polar surface area (TPSA) is 39.7 Å². The molecule has 1 fully saturated rings. The van der Waals surface area contributed by atoms with Gasteiger partial charge in [0.05, 0.1) is 33.0 Å².